The van der Waals surface area contributed by atoms with E-state index >= 15 is 0 Å². The van der Waals surface area contributed by atoms with Gasteiger partial charge in [-0.05, 0) is 19.8 Å². The summed E-state index contributed by atoms with van der Waals surface area (Å²) in [6.07, 6.45) is 2.59. The fourth-order valence-corrected chi connectivity index (χ4v) is 2.91. The molecule has 0 aliphatic carbocycles. The van der Waals surface area contributed by atoms with Gasteiger partial charge < -0.3 is 9.47 Å². The summed E-state index contributed by atoms with van der Waals surface area (Å²) in [6.45, 7) is 2.58. The summed E-state index contributed by atoms with van der Waals surface area (Å²) >= 11 is 0. The Balaban J connectivity index is 2.06. The molecule has 66 valence electrons. The van der Waals surface area contributed by atoms with Crippen molar-refractivity contribution in [1.29, 1.82) is 0 Å². The van der Waals surface area contributed by atoms with E-state index in [2.05, 4.69) is 0 Å². The fraction of sp³-hybridized carbons (Fsp3) is 0.889. The lowest BCUT2D eigenvalue weighted by molar-refractivity contribution is -0.149. The Kier molecular flexibility index (Phi) is 1.06. The number of ether oxygens (including phenoxy) is 2. The van der Waals surface area contributed by atoms with Crippen LogP contribution in [0.25, 0.3) is 0 Å². The highest BCUT2D eigenvalue weighted by Gasteiger charge is 2.65. The van der Waals surface area contributed by atoms with Crippen molar-refractivity contribution in [2.24, 2.45) is 11.3 Å². The summed E-state index contributed by atoms with van der Waals surface area (Å²) in [7, 11) is 0. The van der Waals surface area contributed by atoms with E-state index in [1.54, 1.807) is 0 Å². The van der Waals surface area contributed by atoms with Gasteiger partial charge in [-0.1, -0.05) is 0 Å². The summed E-state index contributed by atoms with van der Waals surface area (Å²) in [4.78, 5) is 11.5. The van der Waals surface area contributed by atoms with Gasteiger partial charge in [-0.25, -0.2) is 0 Å². The molecule has 3 aliphatic rings. The number of hydrogen-bond donors (Lipinski definition) is 0. The van der Waals surface area contributed by atoms with Crippen LogP contribution < -0.4 is 0 Å². The Labute approximate surface area is 71.0 Å². The lowest BCUT2D eigenvalue weighted by Gasteiger charge is -2.26. The zero-order valence-corrected chi connectivity index (χ0v) is 7.08. The molecule has 0 unspecified atom stereocenters. The number of cyclic esters (lactones) is 1. The molecule has 0 aromatic heterocycles. The van der Waals surface area contributed by atoms with E-state index in [4.69, 9.17) is 9.47 Å². The van der Waals surface area contributed by atoms with Crippen molar-refractivity contribution in [2.75, 3.05) is 6.61 Å². The van der Waals surface area contributed by atoms with Gasteiger partial charge in [0, 0.05) is 5.92 Å². The summed E-state index contributed by atoms with van der Waals surface area (Å²) in [5, 5.41) is 0. The minimum atomic E-state index is -0.303. The predicted octanol–water partition coefficient (Wildman–Crippen LogP) is 0.727. The predicted molar refractivity (Wildman–Crippen MR) is 40.5 cm³/mol. The molecule has 3 rings (SSSR count). The molecule has 0 amide bonds. The van der Waals surface area contributed by atoms with Crippen LogP contribution in [0.1, 0.15) is 19.8 Å². The first kappa shape index (κ1) is 6.89. The molecule has 4 atom stereocenters. The molecule has 3 aliphatic heterocycles. The van der Waals surface area contributed by atoms with E-state index in [0.29, 0.717) is 18.6 Å². The van der Waals surface area contributed by atoms with Crippen molar-refractivity contribution in [3.8, 4) is 0 Å². The summed E-state index contributed by atoms with van der Waals surface area (Å²) in [5.74, 6) is 0.295. The molecule has 0 radical (unpaired) electrons. The third kappa shape index (κ3) is 0.534. The molecule has 0 aromatic carbocycles. The van der Waals surface area contributed by atoms with Crippen molar-refractivity contribution in [1.82, 2.24) is 0 Å². The van der Waals surface area contributed by atoms with Crippen molar-refractivity contribution in [3.05, 3.63) is 0 Å². The molecule has 3 nitrogen and oxygen atoms in total. The number of esters is 1. The Morgan fingerprint density at radius 3 is 3.08 bits per heavy atom. The van der Waals surface area contributed by atoms with E-state index in [1.165, 1.54) is 0 Å². The Morgan fingerprint density at radius 2 is 2.33 bits per heavy atom. The normalized spacial score (nSPS) is 55.8. The fourth-order valence-electron chi connectivity index (χ4n) is 2.91. The molecule has 2 bridgehead atoms. The number of carbonyl (C=O) groups excluding carboxylic acids is 1. The molecule has 0 saturated carbocycles. The molecular weight excluding hydrogens is 156 g/mol. The van der Waals surface area contributed by atoms with Crippen molar-refractivity contribution >= 4 is 5.97 Å². The second-order valence-electron chi connectivity index (χ2n) is 4.23. The first-order valence-electron chi connectivity index (χ1n) is 4.55. The number of carbonyl (C=O) groups is 1. The number of rotatable bonds is 0. The second kappa shape index (κ2) is 1.84. The van der Waals surface area contributed by atoms with Crippen LogP contribution in [0.4, 0.5) is 0 Å². The maximum absolute atomic E-state index is 11.5. The average Bonchev–Trinajstić information content (AvgIpc) is 2.65. The first-order chi connectivity index (χ1) is 5.73. The highest BCUT2D eigenvalue weighted by Crippen LogP contribution is 2.55. The zero-order chi connectivity index (χ0) is 8.34. The van der Waals surface area contributed by atoms with Crippen LogP contribution in [0.15, 0.2) is 0 Å². The number of fused-ring (bicyclic) bond motifs is 5. The van der Waals surface area contributed by atoms with E-state index < -0.39 is 0 Å². The molecule has 0 aromatic rings. The van der Waals surface area contributed by atoms with Crippen LogP contribution in [-0.4, -0.2) is 24.8 Å². The highest BCUT2D eigenvalue weighted by molar-refractivity contribution is 5.80. The minimum Gasteiger partial charge on any atom is -0.465 e. The molecular formula is C9H12O3. The van der Waals surface area contributed by atoms with Gasteiger partial charge in [0.2, 0.25) is 0 Å². The van der Waals surface area contributed by atoms with E-state index in [-0.39, 0.29) is 17.5 Å². The Hall–Kier alpha value is -0.570. The van der Waals surface area contributed by atoms with Crippen LogP contribution in [0, 0.1) is 11.3 Å². The van der Waals surface area contributed by atoms with Gasteiger partial charge in [-0.2, -0.15) is 0 Å². The van der Waals surface area contributed by atoms with E-state index in [0.717, 1.165) is 12.8 Å². The van der Waals surface area contributed by atoms with Crippen molar-refractivity contribution in [2.45, 2.75) is 32.0 Å². The van der Waals surface area contributed by atoms with Crippen LogP contribution in [-0.2, 0) is 14.3 Å². The van der Waals surface area contributed by atoms with Crippen LogP contribution in [0.5, 0.6) is 0 Å². The Morgan fingerprint density at radius 1 is 1.50 bits per heavy atom. The van der Waals surface area contributed by atoms with E-state index in [1.807, 2.05) is 6.92 Å². The van der Waals surface area contributed by atoms with Gasteiger partial charge in [-0.3, -0.25) is 4.79 Å². The Bertz CT molecular complexity index is 250. The lowest BCUT2D eigenvalue weighted by atomic mass is 9.69. The maximum Gasteiger partial charge on any atom is 0.314 e. The van der Waals surface area contributed by atoms with E-state index in [9.17, 15) is 4.79 Å². The minimum absolute atomic E-state index is 0.0419. The molecule has 3 heteroatoms. The molecule has 3 heterocycles. The highest BCUT2D eigenvalue weighted by atomic mass is 16.6. The first-order valence-corrected chi connectivity index (χ1v) is 4.55. The van der Waals surface area contributed by atoms with Crippen molar-refractivity contribution < 1.29 is 14.3 Å². The quantitative estimate of drug-likeness (QED) is 0.500. The van der Waals surface area contributed by atoms with Gasteiger partial charge in [0.15, 0.2) is 0 Å². The monoisotopic (exact) mass is 168 g/mol. The second-order valence-corrected chi connectivity index (χ2v) is 4.23. The molecule has 0 N–H and O–H groups in total. The SMILES string of the molecule is C[C@@]12C(=O)OC[C@@H]1[C@H]1CC[C@@H]2O1. The number of hydrogen-bond acceptors (Lipinski definition) is 3. The van der Waals surface area contributed by atoms with Gasteiger partial charge in [0.05, 0.1) is 24.2 Å². The lowest BCUT2D eigenvalue weighted by Crippen LogP contribution is -2.39. The molecule has 0 spiro atoms. The topological polar surface area (TPSA) is 35.5 Å². The zero-order valence-electron chi connectivity index (χ0n) is 7.08. The third-order valence-electron chi connectivity index (χ3n) is 3.77. The average molecular weight is 168 g/mol. The third-order valence-corrected chi connectivity index (χ3v) is 3.77. The standard InChI is InChI=1S/C9H12O3/c1-9-5(4-11-8(9)10)6-2-3-7(9)12-6/h5-7H,2-4H2,1H3/t5-,6-,7+,9-/m1/s1. The van der Waals surface area contributed by atoms with Crippen molar-refractivity contribution in [3.63, 3.8) is 0 Å². The van der Waals surface area contributed by atoms with Gasteiger partial charge in [0.1, 0.15) is 0 Å². The smallest absolute Gasteiger partial charge is 0.314 e. The summed E-state index contributed by atoms with van der Waals surface area (Å²) in [5.41, 5.74) is -0.303. The maximum atomic E-state index is 11.5. The van der Waals surface area contributed by atoms with Gasteiger partial charge >= 0.3 is 5.97 Å². The molecule has 12 heavy (non-hydrogen) atoms. The van der Waals surface area contributed by atoms with Gasteiger partial charge in [-0.15, -0.1) is 0 Å². The van der Waals surface area contributed by atoms with Crippen LogP contribution >= 0.6 is 0 Å². The van der Waals surface area contributed by atoms with Gasteiger partial charge in [0.25, 0.3) is 0 Å². The van der Waals surface area contributed by atoms with Crippen LogP contribution in [0.3, 0.4) is 0 Å². The summed E-state index contributed by atoms with van der Waals surface area (Å²) in [6, 6.07) is 0. The summed E-state index contributed by atoms with van der Waals surface area (Å²) < 4.78 is 10.8. The van der Waals surface area contributed by atoms with Crippen LogP contribution in [0.2, 0.25) is 0 Å². The molecule has 3 fully saturated rings. The molecule has 3 saturated heterocycles. The largest absolute Gasteiger partial charge is 0.465 e.